The standard InChI is InChI=1S/C58H43NO/c1-57(2)49-23-12-10-17-43(49)44-34-33-41(35-51(44)57)59(39-29-25-37(26-30-39)36-15-6-5-7-16-36)40-31-27-38(28-32-40)42-21-14-22-48-53-54-52(47-20-11-13-24-50(47)58(54,3)4)45-18-8-9-19-46(45)56(53)60-55(42)48/h5-35H,1-4H3. The summed E-state index contributed by atoms with van der Waals surface area (Å²) < 4.78 is 7.11. The summed E-state index contributed by atoms with van der Waals surface area (Å²) in [7, 11) is 0. The van der Waals surface area contributed by atoms with Crippen LogP contribution in [0, 0.1) is 0 Å². The fourth-order valence-electron chi connectivity index (χ4n) is 10.7. The number of furan rings is 1. The van der Waals surface area contributed by atoms with Crippen molar-refractivity contribution in [1.29, 1.82) is 0 Å². The molecular formula is C58H43NO. The zero-order valence-electron chi connectivity index (χ0n) is 34.3. The van der Waals surface area contributed by atoms with E-state index in [1.54, 1.807) is 0 Å². The lowest BCUT2D eigenvalue weighted by molar-refractivity contribution is 0.659. The van der Waals surface area contributed by atoms with Gasteiger partial charge in [0.15, 0.2) is 0 Å². The zero-order chi connectivity index (χ0) is 40.3. The summed E-state index contributed by atoms with van der Waals surface area (Å²) >= 11 is 0. The van der Waals surface area contributed by atoms with Crippen LogP contribution >= 0.6 is 0 Å². The monoisotopic (exact) mass is 769 g/mol. The fraction of sp³-hybridized carbons (Fsp3) is 0.103. The van der Waals surface area contributed by atoms with E-state index in [2.05, 4.69) is 221 Å². The molecule has 0 spiro atoms. The van der Waals surface area contributed by atoms with E-state index in [0.29, 0.717) is 0 Å². The Balaban J connectivity index is 1.01. The van der Waals surface area contributed by atoms with Crippen LogP contribution in [0.1, 0.15) is 49.9 Å². The molecule has 10 aromatic rings. The first-order valence-electron chi connectivity index (χ1n) is 21.1. The summed E-state index contributed by atoms with van der Waals surface area (Å²) in [5.74, 6) is 0. The summed E-state index contributed by atoms with van der Waals surface area (Å²) in [5, 5.41) is 4.80. The Hall–Kier alpha value is -7.16. The number of anilines is 3. The Morgan fingerprint density at radius 3 is 1.63 bits per heavy atom. The van der Waals surface area contributed by atoms with Gasteiger partial charge in [-0.1, -0.05) is 179 Å². The first-order chi connectivity index (χ1) is 29.3. The van der Waals surface area contributed by atoms with E-state index in [9.17, 15) is 0 Å². The van der Waals surface area contributed by atoms with E-state index in [1.807, 2.05) is 0 Å². The Morgan fingerprint density at radius 1 is 0.367 bits per heavy atom. The molecule has 1 heterocycles. The van der Waals surface area contributed by atoms with Crippen molar-refractivity contribution in [3.05, 3.63) is 210 Å². The smallest absolute Gasteiger partial charge is 0.143 e. The van der Waals surface area contributed by atoms with Crippen LogP contribution < -0.4 is 4.90 Å². The van der Waals surface area contributed by atoms with Crippen molar-refractivity contribution >= 4 is 49.8 Å². The molecule has 0 aliphatic heterocycles. The van der Waals surface area contributed by atoms with Crippen molar-refractivity contribution in [1.82, 2.24) is 0 Å². The van der Waals surface area contributed by atoms with Crippen LogP contribution in [0.25, 0.3) is 77.2 Å². The van der Waals surface area contributed by atoms with Crippen molar-refractivity contribution in [3.8, 4) is 44.5 Å². The van der Waals surface area contributed by atoms with Crippen LogP contribution in [0.4, 0.5) is 17.1 Å². The Bertz CT molecular complexity index is 3350. The summed E-state index contributed by atoms with van der Waals surface area (Å²) in [4.78, 5) is 2.40. The van der Waals surface area contributed by atoms with Gasteiger partial charge in [-0.2, -0.15) is 0 Å². The van der Waals surface area contributed by atoms with Crippen molar-refractivity contribution in [3.63, 3.8) is 0 Å². The second kappa shape index (κ2) is 12.7. The summed E-state index contributed by atoms with van der Waals surface area (Å²) in [5.41, 5.74) is 20.4. The van der Waals surface area contributed by atoms with Crippen LogP contribution in [-0.4, -0.2) is 0 Å². The number of nitrogens with zero attached hydrogens (tertiary/aromatic N) is 1. The average molecular weight is 770 g/mol. The predicted molar refractivity (Wildman–Crippen MR) is 252 cm³/mol. The van der Waals surface area contributed by atoms with Gasteiger partial charge >= 0.3 is 0 Å². The molecule has 0 bridgehead atoms. The van der Waals surface area contributed by atoms with Crippen LogP contribution in [0.2, 0.25) is 0 Å². The number of benzene rings is 9. The largest absolute Gasteiger partial charge is 0.455 e. The second-order valence-corrected chi connectivity index (χ2v) is 17.7. The third kappa shape index (κ3) is 4.88. The van der Waals surface area contributed by atoms with Gasteiger partial charge in [-0.3, -0.25) is 0 Å². The van der Waals surface area contributed by atoms with E-state index in [-0.39, 0.29) is 10.8 Å². The van der Waals surface area contributed by atoms with Crippen molar-refractivity contribution in [2.75, 3.05) is 4.90 Å². The number of fused-ring (bicyclic) bond motifs is 13. The quantitative estimate of drug-likeness (QED) is 0.173. The minimum Gasteiger partial charge on any atom is -0.455 e. The third-order valence-electron chi connectivity index (χ3n) is 13.6. The van der Waals surface area contributed by atoms with Crippen LogP contribution in [-0.2, 0) is 10.8 Å². The maximum absolute atomic E-state index is 7.11. The summed E-state index contributed by atoms with van der Waals surface area (Å²) in [6, 6.07) is 68.9. The minimum absolute atomic E-state index is 0.108. The van der Waals surface area contributed by atoms with E-state index in [0.717, 1.165) is 50.1 Å². The van der Waals surface area contributed by atoms with Gasteiger partial charge in [0.05, 0.1) is 0 Å². The van der Waals surface area contributed by atoms with Gasteiger partial charge < -0.3 is 9.32 Å². The molecule has 0 N–H and O–H groups in total. The Morgan fingerprint density at radius 2 is 0.900 bits per heavy atom. The molecule has 2 heteroatoms. The molecule has 0 saturated carbocycles. The lowest BCUT2D eigenvalue weighted by atomic mass is 9.79. The highest BCUT2D eigenvalue weighted by Gasteiger charge is 2.40. The van der Waals surface area contributed by atoms with Crippen molar-refractivity contribution in [2.45, 2.75) is 38.5 Å². The van der Waals surface area contributed by atoms with E-state index >= 15 is 0 Å². The van der Waals surface area contributed by atoms with Gasteiger partial charge in [0.2, 0.25) is 0 Å². The predicted octanol–water partition coefficient (Wildman–Crippen LogP) is 16.2. The molecule has 0 radical (unpaired) electrons. The molecule has 0 atom stereocenters. The molecule has 60 heavy (non-hydrogen) atoms. The fourth-order valence-corrected chi connectivity index (χ4v) is 10.7. The molecule has 0 saturated heterocycles. The number of hydrogen-bond donors (Lipinski definition) is 0. The SMILES string of the molecule is CC1(C)c2ccccc2-c2ccc(N(c3ccc(-c4ccccc4)cc3)c3ccc(-c4cccc5c4oc4c6ccccc6c6c(c54)C(C)(C)c4ccccc4-6)cc3)cc21. The Kier molecular flexibility index (Phi) is 7.36. The lowest BCUT2D eigenvalue weighted by Gasteiger charge is -2.28. The van der Waals surface area contributed by atoms with E-state index in [4.69, 9.17) is 4.42 Å². The van der Waals surface area contributed by atoms with Gasteiger partial charge in [-0.25, -0.2) is 0 Å². The average Bonchev–Trinajstić information content (AvgIpc) is 3.88. The van der Waals surface area contributed by atoms with Crippen LogP contribution in [0.15, 0.2) is 192 Å². The minimum atomic E-state index is -0.180. The zero-order valence-corrected chi connectivity index (χ0v) is 34.3. The van der Waals surface area contributed by atoms with Gasteiger partial charge in [0.1, 0.15) is 11.2 Å². The molecule has 2 aliphatic rings. The van der Waals surface area contributed by atoms with Crippen LogP contribution in [0.3, 0.4) is 0 Å². The summed E-state index contributed by atoms with van der Waals surface area (Å²) in [6.45, 7) is 9.44. The Labute approximate surface area is 351 Å². The maximum atomic E-state index is 7.11. The van der Waals surface area contributed by atoms with Gasteiger partial charge in [0, 0.05) is 49.6 Å². The first-order valence-corrected chi connectivity index (χ1v) is 21.1. The van der Waals surface area contributed by atoms with Crippen LogP contribution in [0.5, 0.6) is 0 Å². The molecule has 0 amide bonds. The molecule has 2 nitrogen and oxygen atoms in total. The molecule has 12 rings (SSSR count). The summed E-state index contributed by atoms with van der Waals surface area (Å²) in [6.07, 6.45) is 0. The third-order valence-corrected chi connectivity index (χ3v) is 13.6. The van der Waals surface area contributed by atoms with Crippen molar-refractivity contribution in [2.24, 2.45) is 0 Å². The normalized spacial score (nSPS) is 14.3. The second-order valence-electron chi connectivity index (χ2n) is 17.7. The molecule has 0 unspecified atom stereocenters. The van der Waals surface area contributed by atoms with Gasteiger partial charge in [-0.05, 0) is 103 Å². The topological polar surface area (TPSA) is 16.4 Å². The van der Waals surface area contributed by atoms with Crippen molar-refractivity contribution < 1.29 is 4.42 Å². The molecular weight excluding hydrogens is 727 g/mol. The molecule has 9 aromatic carbocycles. The van der Waals surface area contributed by atoms with E-state index in [1.165, 1.54) is 66.4 Å². The van der Waals surface area contributed by atoms with E-state index < -0.39 is 0 Å². The highest BCUT2D eigenvalue weighted by molar-refractivity contribution is 6.24. The highest BCUT2D eigenvalue weighted by Crippen LogP contribution is 2.57. The molecule has 0 fully saturated rings. The lowest BCUT2D eigenvalue weighted by Crippen LogP contribution is -2.16. The first kappa shape index (κ1) is 34.8. The number of hydrogen-bond acceptors (Lipinski definition) is 2. The molecule has 2 aliphatic carbocycles. The number of para-hydroxylation sites is 1. The molecule has 1 aromatic heterocycles. The van der Waals surface area contributed by atoms with Gasteiger partial charge in [0.25, 0.3) is 0 Å². The number of rotatable bonds is 5. The molecule has 286 valence electrons. The van der Waals surface area contributed by atoms with Gasteiger partial charge in [-0.15, -0.1) is 0 Å². The highest BCUT2D eigenvalue weighted by atomic mass is 16.3. The maximum Gasteiger partial charge on any atom is 0.143 e.